The highest BCUT2D eigenvalue weighted by Gasteiger charge is 2.63. The summed E-state index contributed by atoms with van der Waals surface area (Å²) in [5, 5.41) is 2.61. The Morgan fingerprint density at radius 1 is 1.00 bits per heavy atom. The van der Waals surface area contributed by atoms with Gasteiger partial charge in [0.1, 0.15) is 0 Å². The molecule has 0 bridgehead atoms. The number of nitrogens with one attached hydrogen (secondary N) is 1. The van der Waals surface area contributed by atoms with Crippen molar-refractivity contribution in [2.45, 2.75) is 55.7 Å². The van der Waals surface area contributed by atoms with Crippen LogP contribution in [0.3, 0.4) is 0 Å². The summed E-state index contributed by atoms with van der Waals surface area (Å²) in [5.41, 5.74) is 0. The molecule has 0 aromatic rings. The van der Waals surface area contributed by atoms with Gasteiger partial charge in [-0.05, 0) is 12.8 Å². The molecule has 138 valence electrons. The highest BCUT2D eigenvalue weighted by molar-refractivity contribution is 8.03. The first-order chi connectivity index (χ1) is 10.2. The fourth-order valence-electron chi connectivity index (χ4n) is 1.89. The van der Waals surface area contributed by atoms with Crippen LogP contribution in [0.5, 0.6) is 0 Å². The predicted octanol–water partition coefficient (Wildman–Crippen LogP) is 1.02. The van der Waals surface area contributed by atoms with Gasteiger partial charge in [-0.3, -0.25) is 4.18 Å². The first kappa shape index (κ1) is 20.5. The molecule has 1 atom stereocenters. The van der Waals surface area contributed by atoms with Gasteiger partial charge in [0.2, 0.25) is 6.10 Å². The molecule has 1 aliphatic rings. The zero-order chi connectivity index (χ0) is 18.1. The molecule has 0 spiro atoms. The van der Waals surface area contributed by atoms with E-state index in [4.69, 9.17) is 5.11 Å². The lowest BCUT2D eigenvalue weighted by Gasteiger charge is -2.25. The molecule has 0 amide bonds. The third kappa shape index (κ3) is 5.20. The number of hydrogen-bond donors (Lipinski definition) is 2. The quantitative estimate of drug-likeness (QED) is 0.654. The van der Waals surface area contributed by atoms with Gasteiger partial charge < -0.3 is 5.11 Å². The van der Waals surface area contributed by atoms with Gasteiger partial charge in [0.15, 0.2) is 0 Å². The average Bonchev–Trinajstić information content (AvgIpc) is 2.35. The molecule has 0 heterocycles. The molecule has 2 N–H and O–H groups in total. The minimum Gasteiger partial charge on any atom is -0.378 e. The maximum atomic E-state index is 13.3. The number of halogens is 5. The van der Waals surface area contributed by atoms with Gasteiger partial charge in [-0.2, -0.15) is 30.4 Å². The number of aliphatic hydroxyl groups excluding tert-OH is 1. The summed E-state index contributed by atoms with van der Waals surface area (Å²) in [7, 11) is -11.7. The molecular formula is C9H14F5NO6S2. The van der Waals surface area contributed by atoms with Crippen molar-refractivity contribution in [2.75, 3.05) is 0 Å². The topological polar surface area (TPSA) is 110 Å². The Morgan fingerprint density at radius 2 is 1.48 bits per heavy atom. The van der Waals surface area contributed by atoms with Gasteiger partial charge in [0.05, 0.1) is 6.10 Å². The van der Waals surface area contributed by atoms with E-state index in [0.29, 0.717) is 17.0 Å². The van der Waals surface area contributed by atoms with Crippen molar-refractivity contribution in [2.24, 2.45) is 0 Å². The maximum absolute atomic E-state index is 13.3. The minimum absolute atomic E-state index is 0.225. The van der Waals surface area contributed by atoms with E-state index < -0.39 is 44.0 Å². The molecule has 1 rings (SSSR count). The van der Waals surface area contributed by atoms with Crippen LogP contribution in [-0.2, 0) is 24.5 Å². The Morgan fingerprint density at radius 3 is 1.91 bits per heavy atom. The molecule has 1 fully saturated rings. The van der Waals surface area contributed by atoms with Crippen LogP contribution in [0, 0.1) is 0 Å². The van der Waals surface area contributed by atoms with E-state index >= 15 is 0 Å². The summed E-state index contributed by atoms with van der Waals surface area (Å²) in [6, 6.07) is 0. The molecule has 1 aliphatic carbocycles. The summed E-state index contributed by atoms with van der Waals surface area (Å²) < 4.78 is 113. The Kier molecular flexibility index (Phi) is 6.00. The Hall–Kier alpha value is -0.570. The Bertz CT molecular complexity index is 611. The van der Waals surface area contributed by atoms with Crippen LogP contribution < -0.4 is 4.13 Å². The van der Waals surface area contributed by atoms with Gasteiger partial charge in [-0.15, -0.1) is 0 Å². The zero-order valence-electron chi connectivity index (χ0n) is 11.4. The lowest BCUT2D eigenvalue weighted by atomic mass is 9.98. The normalized spacial score (nSPS) is 20.4. The summed E-state index contributed by atoms with van der Waals surface area (Å²) in [4.78, 5) is 0. The largest absolute Gasteiger partial charge is 0.421 e. The third-order valence-corrected chi connectivity index (χ3v) is 6.17. The van der Waals surface area contributed by atoms with Gasteiger partial charge in [0.25, 0.3) is 10.0 Å². The lowest BCUT2D eigenvalue weighted by molar-refractivity contribution is -0.247. The molecule has 0 aromatic heterocycles. The van der Waals surface area contributed by atoms with E-state index in [1.807, 2.05) is 0 Å². The fraction of sp³-hybridized carbons (Fsp3) is 1.00. The number of alkyl halides is 5. The monoisotopic (exact) mass is 391 g/mol. The molecule has 23 heavy (non-hydrogen) atoms. The summed E-state index contributed by atoms with van der Waals surface area (Å²) in [5.74, 6) is 0. The van der Waals surface area contributed by atoms with E-state index in [9.17, 15) is 38.8 Å². The highest BCUT2D eigenvalue weighted by atomic mass is 32.3. The molecule has 14 heteroatoms. The van der Waals surface area contributed by atoms with E-state index in [1.54, 1.807) is 0 Å². The predicted molar refractivity (Wildman–Crippen MR) is 65.9 cm³/mol. The number of sulfonamides is 1. The van der Waals surface area contributed by atoms with Crippen molar-refractivity contribution in [3.8, 4) is 0 Å². The smallest absolute Gasteiger partial charge is 0.378 e. The van der Waals surface area contributed by atoms with Crippen LogP contribution in [-0.4, -0.2) is 45.6 Å². The van der Waals surface area contributed by atoms with E-state index in [0.717, 1.165) is 6.42 Å². The summed E-state index contributed by atoms with van der Waals surface area (Å²) in [6.07, 6.45) is -9.18. The van der Waals surface area contributed by atoms with E-state index in [1.165, 1.54) is 0 Å². The highest BCUT2D eigenvalue weighted by Crippen LogP contribution is 2.36. The fourth-order valence-corrected chi connectivity index (χ4v) is 4.54. The van der Waals surface area contributed by atoms with Crippen molar-refractivity contribution < 1.29 is 48.1 Å². The average molecular weight is 391 g/mol. The van der Waals surface area contributed by atoms with Crippen molar-refractivity contribution >= 4 is 20.3 Å². The molecule has 0 aliphatic heterocycles. The third-order valence-electron chi connectivity index (χ3n) is 3.01. The number of hydrogen-bond acceptors (Lipinski definition) is 6. The van der Waals surface area contributed by atoms with Crippen LogP contribution >= 0.6 is 0 Å². The molecule has 1 unspecified atom stereocenters. The Labute approximate surface area is 129 Å². The molecule has 0 radical (unpaired) electrons. The minimum atomic E-state index is -6.42. The second-order valence-electron chi connectivity index (χ2n) is 4.90. The first-order valence-electron chi connectivity index (χ1n) is 6.28. The van der Waals surface area contributed by atoms with Crippen molar-refractivity contribution in [3.05, 3.63) is 0 Å². The van der Waals surface area contributed by atoms with Crippen LogP contribution in [0.4, 0.5) is 22.0 Å². The second-order valence-corrected chi connectivity index (χ2v) is 8.22. The van der Waals surface area contributed by atoms with Crippen molar-refractivity contribution in [1.29, 1.82) is 0 Å². The standard InChI is InChI=1S/C9H14F5NO6S2/c10-8(11,12)7(16)9(13,14)22(17,18)15-23(19,20)21-6-4-2-1-3-5-6/h6-7,15-16H,1-5H2. The van der Waals surface area contributed by atoms with Crippen LogP contribution in [0.15, 0.2) is 0 Å². The van der Waals surface area contributed by atoms with E-state index in [2.05, 4.69) is 4.18 Å². The maximum Gasteiger partial charge on any atom is 0.421 e. The van der Waals surface area contributed by atoms with Crippen LogP contribution in [0.1, 0.15) is 32.1 Å². The van der Waals surface area contributed by atoms with Crippen molar-refractivity contribution in [3.63, 3.8) is 0 Å². The van der Waals surface area contributed by atoms with Gasteiger partial charge in [-0.1, -0.05) is 23.4 Å². The molecule has 1 saturated carbocycles. The second kappa shape index (κ2) is 6.74. The summed E-state index contributed by atoms with van der Waals surface area (Å²) in [6.45, 7) is 0. The first-order valence-corrected chi connectivity index (χ1v) is 9.17. The van der Waals surface area contributed by atoms with E-state index in [-0.39, 0.29) is 12.8 Å². The van der Waals surface area contributed by atoms with Gasteiger partial charge in [0, 0.05) is 0 Å². The SMILES string of the molecule is O=S(=O)(NS(=O)(=O)C(F)(F)C(O)C(F)(F)F)OC1CCCCC1. The van der Waals surface area contributed by atoms with Crippen LogP contribution in [0.25, 0.3) is 0 Å². The number of aliphatic hydroxyl groups is 1. The molecule has 0 saturated heterocycles. The molecule has 7 nitrogen and oxygen atoms in total. The molecule has 0 aromatic carbocycles. The number of rotatable bonds is 6. The van der Waals surface area contributed by atoms with Gasteiger partial charge in [-0.25, -0.2) is 8.42 Å². The van der Waals surface area contributed by atoms with Gasteiger partial charge >= 0.3 is 21.7 Å². The van der Waals surface area contributed by atoms with Crippen molar-refractivity contribution in [1.82, 2.24) is 4.13 Å². The Balaban J connectivity index is 2.91. The zero-order valence-corrected chi connectivity index (χ0v) is 13.0. The molecular weight excluding hydrogens is 377 g/mol. The summed E-state index contributed by atoms with van der Waals surface area (Å²) >= 11 is 0. The lowest BCUT2D eigenvalue weighted by Crippen LogP contribution is -2.55. The van der Waals surface area contributed by atoms with Crippen LogP contribution in [0.2, 0.25) is 0 Å².